The van der Waals surface area contributed by atoms with Gasteiger partial charge in [-0.3, -0.25) is 9.69 Å². The summed E-state index contributed by atoms with van der Waals surface area (Å²) in [6.45, 7) is 3.45. The van der Waals surface area contributed by atoms with Crippen molar-refractivity contribution < 1.29 is 18.8 Å². The summed E-state index contributed by atoms with van der Waals surface area (Å²) in [5, 5.41) is 6.06. The van der Waals surface area contributed by atoms with Crippen LogP contribution >= 0.6 is 11.3 Å². The Hall–Kier alpha value is -3.17. The Bertz CT molecular complexity index is 1040. The SMILES string of the molecule is COc1ccc(/C=C/C(=O)N2CCN(Cc3noc(-c4cccs4)n3)CC2)cc1OC. The van der Waals surface area contributed by atoms with E-state index in [4.69, 9.17) is 14.0 Å². The molecule has 9 heteroatoms. The van der Waals surface area contributed by atoms with Crippen molar-refractivity contribution in [3.63, 3.8) is 0 Å². The molecule has 0 spiro atoms. The maximum Gasteiger partial charge on any atom is 0.268 e. The number of nitrogens with zero attached hydrogens (tertiary/aromatic N) is 4. The molecule has 0 N–H and O–H groups in total. The smallest absolute Gasteiger partial charge is 0.268 e. The number of ether oxygens (including phenoxy) is 2. The van der Waals surface area contributed by atoms with Gasteiger partial charge in [-0.1, -0.05) is 17.3 Å². The average molecular weight is 441 g/mol. The molecule has 3 aromatic rings. The molecule has 8 nitrogen and oxygen atoms in total. The first-order valence-electron chi connectivity index (χ1n) is 9.94. The fraction of sp³-hybridized carbons (Fsp3) is 0.318. The summed E-state index contributed by atoms with van der Waals surface area (Å²) >= 11 is 1.57. The van der Waals surface area contributed by atoms with Crippen LogP contribution in [-0.4, -0.2) is 66.2 Å². The first-order chi connectivity index (χ1) is 15.2. The topological polar surface area (TPSA) is 80.9 Å². The number of methoxy groups -OCH3 is 2. The lowest BCUT2D eigenvalue weighted by Crippen LogP contribution is -2.47. The van der Waals surface area contributed by atoms with Gasteiger partial charge in [0.1, 0.15) is 0 Å². The lowest BCUT2D eigenvalue weighted by molar-refractivity contribution is -0.127. The molecule has 2 aromatic heterocycles. The Labute approximate surface area is 184 Å². The fourth-order valence-electron chi connectivity index (χ4n) is 3.37. The van der Waals surface area contributed by atoms with Crippen molar-refractivity contribution in [1.29, 1.82) is 0 Å². The monoisotopic (exact) mass is 440 g/mol. The molecule has 0 unspecified atom stereocenters. The molecule has 4 rings (SSSR count). The van der Waals surface area contributed by atoms with Crippen molar-refractivity contribution in [3.8, 4) is 22.3 Å². The number of rotatable bonds is 7. The van der Waals surface area contributed by atoms with Crippen molar-refractivity contribution >= 4 is 23.3 Å². The maximum atomic E-state index is 12.6. The third kappa shape index (κ3) is 5.12. The minimum atomic E-state index is -0.00558. The van der Waals surface area contributed by atoms with E-state index in [2.05, 4.69) is 15.0 Å². The van der Waals surface area contributed by atoms with Gasteiger partial charge in [0.15, 0.2) is 17.3 Å². The molecule has 0 radical (unpaired) electrons. The van der Waals surface area contributed by atoms with Gasteiger partial charge in [0.25, 0.3) is 5.89 Å². The van der Waals surface area contributed by atoms with Gasteiger partial charge in [-0.15, -0.1) is 11.3 Å². The zero-order valence-corrected chi connectivity index (χ0v) is 18.3. The van der Waals surface area contributed by atoms with Gasteiger partial charge in [-0.2, -0.15) is 4.98 Å². The molecule has 0 atom stereocenters. The third-order valence-corrected chi connectivity index (χ3v) is 5.93. The summed E-state index contributed by atoms with van der Waals surface area (Å²) in [5.74, 6) is 2.50. The van der Waals surface area contributed by atoms with Crippen LogP contribution in [0.2, 0.25) is 0 Å². The molecule has 1 aliphatic heterocycles. The number of aromatic nitrogens is 2. The van der Waals surface area contributed by atoms with E-state index in [0.29, 0.717) is 42.8 Å². The highest BCUT2D eigenvalue weighted by Crippen LogP contribution is 2.28. The third-order valence-electron chi connectivity index (χ3n) is 5.07. The normalized spacial score (nSPS) is 14.8. The number of carbonyl (C=O) groups is 1. The van der Waals surface area contributed by atoms with Gasteiger partial charge in [-0.05, 0) is 35.2 Å². The van der Waals surface area contributed by atoms with E-state index in [1.807, 2.05) is 40.6 Å². The molecular formula is C22H24N4O4S. The summed E-state index contributed by atoms with van der Waals surface area (Å²) < 4.78 is 15.9. The minimum Gasteiger partial charge on any atom is -0.493 e. The van der Waals surface area contributed by atoms with E-state index in [0.717, 1.165) is 23.5 Å². The van der Waals surface area contributed by atoms with E-state index in [1.54, 1.807) is 37.7 Å². The summed E-state index contributed by atoms with van der Waals surface area (Å²) in [7, 11) is 3.19. The fourth-order valence-corrected chi connectivity index (χ4v) is 4.02. The summed E-state index contributed by atoms with van der Waals surface area (Å²) in [5.41, 5.74) is 0.878. The van der Waals surface area contributed by atoms with Crippen LogP contribution < -0.4 is 9.47 Å². The van der Waals surface area contributed by atoms with Gasteiger partial charge < -0.3 is 18.9 Å². The van der Waals surface area contributed by atoms with Gasteiger partial charge in [-0.25, -0.2) is 0 Å². The Morgan fingerprint density at radius 3 is 2.68 bits per heavy atom. The first-order valence-corrected chi connectivity index (χ1v) is 10.8. The molecule has 162 valence electrons. The Kier molecular flexibility index (Phi) is 6.63. The van der Waals surface area contributed by atoms with E-state index < -0.39 is 0 Å². The maximum absolute atomic E-state index is 12.6. The molecule has 1 fully saturated rings. The predicted molar refractivity (Wildman–Crippen MR) is 118 cm³/mol. The molecule has 0 aliphatic carbocycles. The van der Waals surface area contributed by atoms with Crippen molar-refractivity contribution in [2.75, 3.05) is 40.4 Å². The van der Waals surface area contributed by atoms with Crippen molar-refractivity contribution in [3.05, 3.63) is 53.2 Å². The van der Waals surface area contributed by atoms with E-state index >= 15 is 0 Å². The molecule has 0 saturated carbocycles. The van der Waals surface area contributed by atoms with Gasteiger partial charge in [0.2, 0.25) is 5.91 Å². The van der Waals surface area contributed by atoms with Crippen molar-refractivity contribution in [1.82, 2.24) is 19.9 Å². The molecule has 1 saturated heterocycles. The van der Waals surface area contributed by atoms with Crippen molar-refractivity contribution in [2.24, 2.45) is 0 Å². The van der Waals surface area contributed by atoms with Crippen LogP contribution in [0.5, 0.6) is 11.5 Å². The number of piperazine rings is 1. The second-order valence-electron chi connectivity index (χ2n) is 7.04. The standard InChI is InChI=1S/C22H24N4O4S/c1-28-17-7-5-16(14-18(17)29-2)6-8-21(27)26-11-9-25(10-12-26)15-20-23-22(30-24-20)19-4-3-13-31-19/h3-8,13-14H,9-12,15H2,1-2H3/b8-6+. The Balaban J connectivity index is 1.28. The van der Waals surface area contributed by atoms with Crippen LogP contribution in [0.25, 0.3) is 16.8 Å². The van der Waals surface area contributed by atoms with Crippen LogP contribution in [0.4, 0.5) is 0 Å². The lowest BCUT2D eigenvalue weighted by atomic mass is 10.2. The molecule has 1 amide bonds. The molecule has 3 heterocycles. The quantitative estimate of drug-likeness (QED) is 0.522. The zero-order valence-electron chi connectivity index (χ0n) is 17.5. The summed E-state index contributed by atoms with van der Waals surface area (Å²) in [6, 6.07) is 9.47. The van der Waals surface area contributed by atoms with Crippen LogP contribution in [0, 0.1) is 0 Å². The number of carbonyl (C=O) groups excluding carboxylic acids is 1. The molecule has 0 bridgehead atoms. The van der Waals surface area contributed by atoms with Crippen LogP contribution in [0.15, 0.2) is 46.3 Å². The number of hydrogen-bond acceptors (Lipinski definition) is 8. The van der Waals surface area contributed by atoms with Gasteiger partial charge in [0, 0.05) is 32.3 Å². The van der Waals surface area contributed by atoms with Gasteiger partial charge in [0.05, 0.1) is 25.6 Å². The largest absolute Gasteiger partial charge is 0.493 e. The van der Waals surface area contributed by atoms with E-state index in [1.165, 1.54) is 0 Å². The Morgan fingerprint density at radius 1 is 1.16 bits per heavy atom. The summed E-state index contributed by atoms with van der Waals surface area (Å²) in [6.07, 6.45) is 3.39. The second kappa shape index (κ2) is 9.76. The molecule has 1 aliphatic rings. The zero-order chi connectivity index (χ0) is 21.6. The first kappa shape index (κ1) is 21.1. The van der Waals surface area contributed by atoms with E-state index in [9.17, 15) is 4.79 Å². The molecule has 1 aromatic carbocycles. The molecular weight excluding hydrogens is 416 g/mol. The van der Waals surface area contributed by atoms with Crippen LogP contribution in [0.1, 0.15) is 11.4 Å². The Morgan fingerprint density at radius 2 is 1.97 bits per heavy atom. The minimum absolute atomic E-state index is 0.00558. The van der Waals surface area contributed by atoms with Gasteiger partial charge >= 0.3 is 0 Å². The lowest BCUT2D eigenvalue weighted by Gasteiger charge is -2.33. The number of amides is 1. The van der Waals surface area contributed by atoms with Crippen molar-refractivity contribution in [2.45, 2.75) is 6.54 Å². The molecule has 31 heavy (non-hydrogen) atoms. The average Bonchev–Trinajstić information content (AvgIpc) is 3.50. The number of benzene rings is 1. The van der Waals surface area contributed by atoms with Crippen LogP contribution in [0.3, 0.4) is 0 Å². The summed E-state index contributed by atoms with van der Waals surface area (Å²) in [4.78, 5) is 22.1. The van der Waals surface area contributed by atoms with E-state index in [-0.39, 0.29) is 5.91 Å². The highest BCUT2D eigenvalue weighted by atomic mass is 32.1. The number of thiophene rings is 1. The highest BCUT2D eigenvalue weighted by Gasteiger charge is 2.21. The predicted octanol–water partition coefficient (Wildman–Crippen LogP) is 3.17. The van der Waals surface area contributed by atoms with Crippen LogP contribution in [-0.2, 0) is 11.3 Å². The second-order valence-corrected chi connectivity index (χ2v) is 7.99. The number of hydrogen-bond donors (Lipinski definition) is 0. The highest BCUT2D eigenvalue weighted by molar-refractivity contribution is 7.13.